The molecule has 0 aliphatic heterocycles. The van der Waals surface area contributed by atoms with Crippen LogP contribution in [0.1, 0.15) is 18.1 Å². The van der Waals surface area contributed by atoms with Crippen LogP contribution in [0.15, 0.2) is 47.5 Å². The molecule has 2 rings (SSSR count). The summed E-state index contributed by atoms with van der Waals surface area (Å²) >= 11 is 0. The van der Waals surface area contributed by atoms with Gasteiger partial charge in [0.05, 0.1) is 12.8 Å². The maximum atomic E-state index is 9.93. The van der Waals surface area contributed by atoms with Gasteiger partial charge in [-0.15, -0.1) is 0 Å². The number of benzene rings is 2. The van der Waals surface area contributed by atoms with Crippen LogP contribution < -0.4 is 4.74 Å². The van der Waals surface area contributed by atoms with Crippen molar-refractivity contribution in [1.29, 1.82) is 0 Å². The Morgan fingerprint density at radius 3 is 2.53 bits per heavy atom. The maximum absolute atomic E-state index is 9.93. The highest BCUT2D eigenvalue weighted by Gasteiger charge is 2.04. The minimum Gasteiger partial charge on any atom is -0.504 e. The Hall–Kier alpha value is -2.29. The molecule has 19 heavy (non-hydrogen) atoms. The van der Waals surface area contributed by atoms with E-state index in [2.05, 4.69) is 24.0 Å². The van der Waals surface area contributed by atoms with Crippen LogP contribution >= 0.6 is 0 Å². The Balaban J connectivity index is 2.22. The zero-order valence-electron chi connectivity index (χ0n) is 11.1. The van der Waals surface area contributed by atoms with Crippen molar-refractivity contribution in [3.8, 4) is 11.5 Å². The molecule has 0 aliphatic rings. The number of ether oxygens (including phenoxy) is 1. The van der Waals surface area contributed by atoms with Crippen LogP contribution in [-0.4, -0.2) is 18.4 Å². The Kier molecular flexibility index (Phi) is 4.18. The fraction of sp³-hybridized carbons (Fsp3) is 0.188. The fourth-order valence-corrected chi connectivity index (χ4v) is 1.77. The van der Waals surface area contributed by atoms with E-state index in [1.165, 1.54) is 12.7 Å². The van der Waals surface area contributed by atoms with Crippen LogP contribution in [0.4, 0.5) is 5.69 Å². The molecule has 0 spiro atoms. The van der Waals surface area contributed by atoms with Gasteiger partial charge in [-0.05, 0) is 36.2 Å². The first-order valence-electron chi connectivity index (χ1n) is 6.23. The molecule has 0 fully saturated rings. The molecule has 98 valence electrons. The third kappa shape index (κ3) is 3.13. The highest BCUT2D eigenvalue weighted by atomic mass is 16.5. The molecule has 0 amide bonds. The summed E-state index contributed by atoms with van der Waals surface area (Å²) in [5.41, 5.74) is 2.78. The maximum Gasteiger partial charge on any atom is 0.166 e. The van der Waals surface area contributed by atoms with Crippen LogP contribution in [0.2, 0.25) is 0 Å². The van der Waals surface area contributed by atoms with Crippen LogP contribution in [0.3, 0.4) is 0 Å². The first-order chi connectivity index (χ1) is 9.24. The lowest BCUT2D eigenvalue weighted by molar-refractivity contribution is 0.373. The number of aliphatic imine (C=N–C) groups is 1. The van der Waals surface area contributed by atoms with Crippen LogP contribution in [-0.2, 0) is 6.42 Å². The number of para-hydroxylation sites is 1. The zero-order valence-corrected chi connectivity index (χ0v) is 11.1. The van der Waals surface area contributed by atoms with E-state index in [0.29, 0.717) is 11.3 Å². The summed E-state index contributed by atoms with van der Waals surface area (Å²) in [6.45, 7) is 2.12. The van der Waals surface area contributed by atoms with Gasteiger partial charge in [-0.2, -0.15) is 0 Å². The van der Waals surface area contributed by atoms with Crippen molar-refractivity contribution in [3.05, 3.63) is 53.6 Å². The predicted molar refractivity (Wildman–Crippen MR) is 77.7 cm³/mol. The molecule has 0 saturated carbocycles. The number of hydrogen-bond donors (Lipinski definition) is 1. The van der Waals surface area contributed by atoms with E-state index in [-0.39, 0.29) is 5.75 Å². The van der Waals surface area contributed by atoms with E-state index >= 15 is 0 Å². The Morgan fingerprint density at radius 2 is 1.89 bits per heavy atom. The van der Waals surface area contributed by atoms with E-state index in [1.807, 2.05) is 18.2 Å². The predicted octanol–water partition coefficient (Wildman–Crippen LogP) is 3.71. The van der Waals surface area contributed by atoms with E-state index in [4.69, 9.17) is 4.74 Å². The standard InChI is InChI=1S/C16H17NO2/c1-3-12-7-9-14(10-8-12)17-11-13-5-4-6-15(19-2)16(13)18/h4-11,18H,3H2,1-2H3. The zero-order chi connectivity index (χ0) is 13.7. The number of hydrogen-bond acceptors (Lipinski definition) is 3. The summed E-state index contributed by atoms with van der Waals surface area (Å²) < 4.78 is 5.06. The van der Waals surface area contributed by atoms with E-state index in [0.717, 1.165) is 12.1 Å². The summed E-state index contributed by atoms with van der Waals surface area (Å²) in [5.74, 6) is 0.559. The SMILES string of the molecule is CCc1ccc(N=Cc2cccc(OC)c2O)cc1. The summed E-state index contributed by atoms with van der Waals surface area (Å²) in [6, 6.07) is 13.4. The van der Waals surface area contributed by atoms with Crippen molar-refractivity contribution >= 4 is 11.9 Å². The van der Waals surface area contributed by atoms with Gasteiger partial charge in [0.2, 0.25) is 0 Å². The van der Waals surface area contributed by atoms with Crippen molar-refractivity contribution in [2.45, 2.75) is 13.3 Å². The van der Waals surface area contributed by atoms with Crippen LogP contribution in [0.5, 0.6) is 11.5 Å². The van der Waals surface area contributed by atoms with Crippen molar-refractivity contribution in [2.75, 3.05) is 7.11 Å². The number of methoxy groups -OCH3 is 1. The Labute approximate surface area is 113 Å². The monoisotopic (exact) mass is 255 g/mol. The van der Waals surface area contributed by atoms with E-state index in [1.54, 1.807) is 18.3 Å². The molecule has 0 radical (unpaired) electrons. The number of phenols is 1. The summed E-state index contributed by atoms with van der Waals surface area (Å²) in [6.07, 6.45) is 2.65. The third-order valence-corrected chi connectivity index (χ3v) is 2.95. The minimum atomic E-state index is 0.110. The highest BCUT2D eigenvalue weighted by Crippen LogP contribution is 2.28. The average Bonchev–Trinajstić information content (AvgIpc) is 2.47. The molecule has 2 aromatic carbocycles. The Bertz CT molecular complexity index is 574. The largest absolute Gasteiger partial charge is 0.504 e. The van der Waals surface area contributed by atoms with E-state index < -0.39 is 0 Å². The summed E-state index contributed by atoms with van der Waals surface area (Å²) in [5, 5.41) is 9.93. The summed E-state index contributed by atoms with van der Waals surface area (Å²) in [7, 11) is 1.53. The lowest BCUT2D eigenvalue weighted by Crippen LogP contribution is -1.88. The molecular weight excluding hydrogens is 238 g/mol. The van der Waals surface area contributed by atoms with Gasteiger partial charge in [0.1, 0.15) is 0 Å². The van der Waals surface area contributed by atoms with Gasteiger partial charge in [0.15, 0.2) is 11.5 Å². The molecule has 0 aromatic heterocycles. The molecule has 3 heteroatoms. The smallest absolute Gasteiger partial charge is 0.166 e. The van der Waals surface area contributed by atoms with E-state index in [9.17, 15) is 5.11 Å². The Morgan fingerprint density at radius 1 is 1.16 bits per heavy atom. The lowest BCUT2D eigenvalue weighted by Gasteiger charge is -2.04. The van der Waals surface area contributed by atoms with Gasteiger partial charge in [-0.25, -0.2) is 0 Å². The normalized spacial score (nSPS) is 10.8. The summed E-state index contributed by atoms with van der Waals surface area (Å²) in [4.78, 5) is 4.35. The molecule has 1 N–H and O–H groups in total. The molecule has 0 unspecified atom stereocenters. The van der Waals surface area contributed by atoms with Gasteiger partial charge < -0.3 is 9.84 Å². The van der Waals surface area contributed by atoms with Crippen LogP contribution in [0, 0.1) is 0 Å². The van der Waals surface area contributed by atoms with Crippen molar-refractivity contribution in [2.24, 2.45) is 4.99 Å². The third-order valence-electron chi connectivity index (χ3n) is 2.95. The molecule has 0 bridgehead atoms. The molecular formula is C16H17NO2. The quantitative estimate of drug-likeness (QED) is 0.846. The molecule has 0 aliphatic carbocycles. The average molecular weight is 255 g/mol. The second-order valence-electron chi connectivity index (χ2n) is 4.18. The highest BCUT2D eigenvalue weighted by molar-refractivity contribution is 5.86. The number of phenolic OH excluding ortho intramolecular Hbond substituents is 1. The number of aromatic hydroxyl groups is 1. The molecule has 2 aromatic rings. The van der Waals surface area contributed by atoms with Gasteiger partial charge in [0.25, 0.3) is 0 Å². The lowest BCUT2D eigenvalue weighted by atomic mass is 10.1. The van der Waals surface area contributed by atoms with Gasteiger partial charge in [-0.1, -0.05) is 25.1 Å². The van der Waals surface area contributed by atoms with Gasteiger partial charge in [0, 0.05) is 11.8 Å². The van der Waals surface area contributed by atoms with Crippen molar-refractivity contribution in [3.63, 3.8) is 0 Å². The fourth-order valence-electron chi connectivity index (χ4n) is 1.77. The first-order valence-corrected chi connectivity index (χ1v) is 6.23. The minimum absolute atomic E-state index is 0.110. The molecule has 0 saturated heterocycles. The number of aryl methyl sites for hydroxylation is 1. The number of rotatable bonds is 4. The van der Waals surface area contributed by atoms with Gasteiger partial charge >= 0.3 is 0 Å². The molecule has 0 heterocycles. The molecule has 0 atom stereocenters. The second-order valence-corrected chi connectivity index (χ2v) is 4.18. The van der Waals surface area contributed by atoms with Crippen molar-refractivity contribution in [1.82, 2.24) is 0 Å². The molecule has 3 nitrogen and oxygen atoms in total. The van der Waals surface area contributed by atoms with Gasteiger partial charge in [-0.3, -0.25) is 4.99 Å². The topological polar surface area (TPSA) is 41.8 Å². The number of nitrogens with zero attached hydrogens (tertiary/aromatic N) is 1. The van der Waals surface area contributed by atoms with Crippen LogP contribution in [0.25, 0.3) is 0 Å². The second kappa shape index (κ2) is 6.05. The van der Waals surface area contributed by atoms with Crippen molar-refractivity contribution < 1.29 is 9.84 Å². The first kappa shape index (κ1) is 13.1.